The van der Waals surface area contributed by atoms with Crippen molar-refractivity contribution >= 4 is 28.1 Å². The lowest BCUT2D eigenvalue weighted by atomic mass is 10.3. The molecular formula is C18H14N4O2. The molecular weight excluding hydrogens is 304 g/mol. The van der Waals surface area contributed by atoms with Gasteiger partial charge in [-0.15, -0.1) is 0 Å². The Bertz CT molecular complexity index is 1130. The molecule has 0 spiro atoms. The summed E-state index contributed by atoms with van der Waals surface area (Å²) in [7, 11) is 1.71. The van der Waals surface area contributed by atoms with Crippen molar-refractivity contribution in [3.8, 4) is 0 Å². The van der Waals surface area contributed by atoms with Crippen molar-refractivity contribution in [2.45, 2.75) is 0 Å². The molecule has 1 N–H and O–H groups in total. The van der Waals surface area contributed by atoms with Gasteiger partial charge >= 0.3 is 0 Å². The normalized spacial score (nSPS) is 11.0. The van der Waals surface area contributed by atoms with E-state index < -0.39 is 0 Å². The summed E-state index contributed by atoms with van der Waals surface area (Å²) in [5, 5.41) is 7.11. The Hall–Kier alpha value is -3.41. The van der Waals surface area contributed by atoms with Gasteiger partial charge in [0.2, 0.25) is 0 Å². The number of aromatic nitrogens is 3. The van der Waals surface area contributed by atoms with Crippen LogP contribution in [-0.4, -0.2) is 20.1 Å². The van der Waals surface area contributed by atoms with Crippen molar-refractivity contribution in [2.24, 2.45) is 7.05 Å². The van der Waals surface area contributed by atoms with Gasteiger partial charge in [-0.1, -0.05) is 30.3 Å². The number of rotatable bonds is 2. The molecule has 0 radical (unpaired) electrons. The van der Waals surface area contributed by atoms with Crippen LogP contribution in [0.4, 0.5) is 5.69 Å². The summed E-state index contributed by atoms with van der Waals surface area (Å²) in [6.07, 6.45) is 0. The fourth-order valence-corrected chi connectivity index (χ4v) is 2.75. The molecule has 0 bridgehead atoms. The van der Waals surface area contributed by atoms with Crippen LogP contribution in [0.25, 0.3) is 16.6 Å². The first-order valence-corrected chi connectivity index (χ1v) is 7.49. The third-order valence-corrected chi connectivity index (χ3v) is 3.97. The molecule has 2 aromatic carbocycles. The number of hydrogen-bond donors (Lipinski definition) is 1. The Morgan fingerprint density at radius 1 is 0.958 bits per heavy atom. The number of nitrogens with one attached hydrogen (secondary N) is 1. The van der Waals surface area contributed by atoms with Crippen molar-refractivity contribution in [3.05, 3.63) is 76.7 Å². The minimum atomic E-state index is -0.351. The zero-order chi connectivity index (χ0) is 16.7. The monoisotopic (exact) mass is 318 g/mol. The Morgan fingerprint density at radius 2 is 1.62 bits per heavy atom. The smallest absolute Gasteiger partial charge is 0.276 e. The summed E-state index contributed by atoms with van der Waals surface area (Å²) in [4.78, 5) is 24.9. The molecule has 4 aromatic rings. The van der Waals surface area contributed by atoms with Crippen LogP contribution in [0.3, 0.4) is 0 Å². The molecule has 2 heterocycles. The molecule has 0 aliphatic heterocycles. The fraction of sp³-hybridized carbons (Fsp3) is 0.0556. The van der Waals surface area contributed by atoms with E-state index in [-0.39, 0.29) is 17.2 Å². The molecule has 0 aliphatic carbocycles. The zero-order valence-corrected chi connectivity index (χ0v) is 12.9. The second-order valence-electron chi connectivity index (χ2n) is 5.50. The van der Waals surface area contributed by atoms with E-state index in [1.807, 2.05) is 42.5 Å². The SMILES string of the molecule is Cn1c(=O)c2cc(C(=O)Nc3ccccc3)nn2c2ccccc21. The number of fused-ring (bicyclic) bond motifs is 3. The fourth-order valence-electron chi connectivity index (χ4n) is 2.75. The molecule has 118 valence electrons. The van der Waals surface area contributed by atoms with Gasteiger partial charge in [0.15, 0.2) is 5.69 Å². The molecule has 0 saturated carbocycles. The van der Waals surface area contributed by atoms with Crippen molar-refractivity contribution in [1.82, 2.24) is 14.2 Å². The van der Waals surface area contributed by atoms with Gasteiger partial charge in [-0.3, -0.25) is 9.59 Å². The van der Waals surface area contributed by atoms with E-state index in [4.69, 9.17) is 0 Å². The van der Waals surface area contributed by atoms with Crippen LogP contribution in [0, 0.1) is 0 Å². The van der Waals surface area contributed by atoms with E-state index in [0.29, 0.717) is 11.2 Å². The second kappa shape index (κ2) is 5.34. The maximum Gasteiger partial charge on any atom is 0.276 e. The number of benzene rings is 2. The summed E-state index contributed by atoms with van der Waals surface area (Å²) >= 11 is 0. The zero-order valence-electron chi connectivity index (χ0n) is 12.9. The summed E-state index contributed by atoms with van der Waals surface area (Å²) in [6.45, 7) is 0. The number of hydrogen-bond acceptors (Lipinski definition) is 3. The third-order valence-electron chi connectivity index (χ3n) is 3.97. The highest BCUT2D eigenvalue weighted by Crippen LogP contribution is 2.15. The predicted molar refractivity (Wildman–Crippen MR) is 92.3 cm³/mol. The van der Waals surface area contributed by atoms with Crippen LogP contribution in [0.15, 0.2) is 65.5 Å². The number of carbonyl (C=O) groups excluding carboxylic acids is 1. The standard InChI is InChI=1S/C18H14N4O2/c1-21-14-9-5-6-10-15(14)22-16(18(21)24)11-13(20-22)17(23)19-12-7-3-2-4-8-12/h2-11H,1H3,(H,19,23). The van der Waals surface area contributed by atoms with Crippen LogP contribution in [0.5, 0.6) is 0 Å². The van der Waals surface area contributed by atoms with Crippen molar-refractivity contribution in [2.75, 3.05) is 5.32 Å². The van der Waals surface area contributed by atoms with Crippen LogP contribution in [0.1, 0.15) is 10.5 Å². The van der Waals surface area contributed by atoms with E-state index in [9.17, 15) is 9.59 Å². The van der Waals surface area contributed by atoms with Crippen LogP contribution in [0.2, 0.25) is 0 Å². The van der Waals surface area contributed by atoms with E-state index in [1.54, 1.807) is 23.7 Å². The topological polar surface area (TPSA) is 68.4 Å². The highest BCUT2D eigenvalue weighted by molar-refractivity contribution is 6.03. The first kappa shape index (κ1) is 14.2. The first-order valence-electron chi connectivity index (χ1n) is 7.49. The lowest BCUT2D eigenvalue weighted by molar-refractivity contribution is 0.102. The average Bonchev–Trinajstić information content (AvgIpc) is 3.06. The molecule has 0 fully saturated rings. The molecule has 0 aliphatic rings. The van der Waals surface area contributed by atoms with Gasteiger partial charge in [0.1, 0.15) is 5.52 Å². The lowest BCUT2D eigenvalue weighted by Gasteiger charge is -2.06. The van der Waals surface area contributed by atoms with Gasteiger partial charge in [-0.2, -0.15) is 5.10 Å². The average molecular weight is 318 g/mol. The Morgan fingerprint density at radius 3 is 2.38 bits per heavy atom. The summed E-state index contributed by atoms with van der Waals surface area (Å²) < 4.78 is 3.09. The molecule has 4 rings (SSSR count). The highest BCUT2D eigenvalue weighted by atomic mass is 16.2. The highest BCUT2D eigenvalue weighted by Gasteiger charge is 2.16. The van der Waals surface area contributed by atoms with E-state index in [0.717, 1.165) is 11.0 Å². The Labute approximate surface area is 137 Å². The Kier molecular flexibility index (Phi) is 3.16. The number of anilines is 1. The van der Waals surface area contributed by atoms with E-state index in [1.165, 1.54) is 10.6 Å². The summed E-state index contributed by atoms with van der Waals surface area (Å²) in [6, 6.07) is 18.1. The van der Waals surface area contributed by atoms with Gasteiger partial charge < -0.3 is 9.88 Å². The molecule has 0 atom stereocenters. The third kappa shape index (κ3) is 2.16. The lowest BCUT2D eigenvalue weighted by Crippen LogP contribution is -2.19. The van der Waals surface area contributed by atoms with Gasteiger partial charge in [0.05, 0.1) is 11.0 Å². The molecule has 24 heavy (non-hydrogen) atoms. The van der Waals surface area contributed by atoms with E-state index >= 15 is 0 Å². The minimum Gasteiger partial charge on any atom is -0.321 e. The number of nitrogens with zero attached hydrogens (tertiary/aromatic N) is 3. The predicted octanol–water partition coefficient (Wildman–Crippen LogP) is 2.44. The van der Waals surface area contributed by atoms with Crippen molar-refractivity contribution in [3.63, 3.8) is 0 Å². The van der Waals surface area contributed by atoms with Crippen molar-refractivity contribution < 1.29 is 4.79 Å². The van der Waals surface area contributed by atoms with Crippen LogP contribution >= 0.6 is 0 Å². The van der Waals surface area contributed by atoms with Gasteiger partial charge in [0, 0.05) is 18.8 Å². The molecule has 1 amide bonds. The Balaban J connectivity index is 1.87. The number of para-hydroxylation sites is 3. The molecule has 2 aromatic heterocycles. The van der Waals surface area contributed by atoms with Crippen LogP contribution in [-0.2, 0) is 7.05 Å². The largest absolute Gasteiger partial charge is 0.321 e. The quantitative estimate of drug-likeness (QED) is 0.617. The summed E-state index contributed by atoms with van der Waals surface area (Å²) in [5.74, 6) is -0.351. The molecule has 0 saturated heterocycles. The van der Waals surface area contributed by atoms with Crippen molar-refractivity contribution in [1.29, 1.82) is 0 Å². The number of aryl methyl sites for hydroxylation is 1. The molecule has 0 unspecified atom stereocenters. The summed E-state index contributed by atoms with van der Waals surface area (Å²) in [5.41, 5.74) is 2.58. The van der Waals surface area contributed by atoms with E-state index in [2.05, 4.69) is 10.4 Å². The molecule has 6 heteroatoms. The molecule has 6 nitrogen and oxygen atoms in total. The maximum atomic E-state index is 12.5. The first-order chi connectivity index (χ1) is 11.6. The second-order valence-corrected chi connectivity index (χ2v) is 5.50. The van der Waals surface area contributed by atoms with Gasteiger partial charge in [-0.05, 0) is 24.3 Å². The number of carbonyl (C=O) groups is 1. The van der Waals surface area contributed by atoms with Gasteiger partial charge in [-0.25, -0.2) is 4.52 Å². The minimum absolute atomic E-state index is 0.194. The van der Waals surface area contributed by atoms with Gasteiger partial charge in [0.25, 0.3) is 11.5 Å². The maximum absolute atomic E-state index is 12.5. The number of amides is 1. The van der Waals surface area contributed by atoms with Crippen LogP contribution < -0.4 is 10.9 Å².